The van der Waals surface area contributed by atoms with Gasteiger partial charge in [-0.25, -0.2) is 4.79 Å². The number of hydrogen-bond donors (Lipinski definition) is 0. The summed E-state index contributed by atoms with van der Waals surface area (Å²) < 4.78 is 20.8. The van der Waals surface area contributed by atoms with Gasteiger partial charge in [0.25, 0.3) is 0 Å². The maximum atomic E-state index is 14.9. The van der Waals surface area contributed by atoms with E-state index in [0.29, 0.717) is 62.9 Å². The average molecular weight is 794 g/mol. The number of esters is 1. The number of nitrogens with zero attached hydrogens (tertiary/aromatic N) is 1. The van der Waals surface area contributed by atoms with Crippen molar-refractivity contribution in [3.63, 3.8) is 0 Å². The van der Waals surface area contributed by atoms with Crippen molar-refractivity contribution in [3.8, 4) is 0 Å². The van der Waals surface area contributed by atoms with Gasteiger partial charge in [0, 0.05) is 5.92 Å². The molecular formula is C35H64INO5SSi2. The van der Waals surface area contributed by atoms with Crippen molar-refractivity contribution in [1.82, 2.24) is 0 Å². The lowest BCUT2D eigenvalue weighted by atomic mass is 9.82. The minimum Gasteiger partial charge on any atom is -0.465 e. The fourth-order valence-electron chi connectivity index (χ4n) is 8.65. The number of ether oxygens (including phenoxy) is 1. The molecule has 0 aliphatic heterocycles. The molecule has 2 rings (SSSR count). The van der Waals surface area contributed by atoms with Crippen LogP contribution in [0.15, 0.2) is 6.07 Å². The molecule has 6 nitrogen and oxygen atoms in total. The predicted molar refractivity (Wildman–Crippen MR) is 205 cm³/mol. The van der Waals surface area contributed by atoms with E-state index in [2.05, 4.69) is 113 Å². The van der Waals surface area contributed by atoms with Crippen molar-refractivity contribution >= 4 is 68.1 Å². The lowest BCUT2D eigenvalue weighted by Crippen LogP contribution is -2.56. The first-order chi connectivity index (χ1) is 20.9. The Balaban J connectivity index is 2.79. The Hall–Kier alpha value is -0.276. The van der Waals surface area contributed by atoms with Gasteiger partial charge in [-0.3, -0.25) is 4.79 Å². The number of anilines is 1. The molecular weight excluding hydrogens is 730 g/mol. The van der Waals surface area contributed by atoms with Crippen molar-refractivity contribution in [2.75, 3.05) is 25.2 Å². The zero-order valence-corrected chi connectivity index (χ0v) is 35.8. The van der Waals surface area contributed by atoms with Crippen molar-refractivity contribution in [3.05, 3.63) is 13.8 Å². The largest absolute Gasteiger partial charge is 0.465 e. The van der Waals surface area contributed by atoms with Crippen LogP contribution in [-0.4, -0.2) is 54.9 Å². The normalized spacial score (nSPS) is 18.4. The highest BCUT2D eigenvalue weighted by atomic mass is 127. The third-order valence-corrected chi connectivity index (χ3v) is 24.8. The molecule has 260 valence electrons. The van der Waals surface area contributed by atoms with Crippen LogP contribution >= 0.6 is 33.9 Å². The number of amides is 1. The van der Waals surface area contributed by atoms with Crippen LogP contribution < -0.4 is 4.90 Å². The van der Waals surface area contributed by atoms with Gasteiger partial charge in [-0.1, -0.05) is 90.0 Å². The van der Waals surface area contributed by atoms with Gasteiger partial charge in [0.2, 0.25) is 5.91 Å². The van der Waals surface area contributed by atoms with Crippen LogP contribution in [-0.2, 0) is 18.4 Å². The average Bonchev–Trinajstić information content (AvgIpc) is 3.32. The van der Waals surface area contributed by atoms with E-state index >= 15 is 0 Å². The number of hydrogen-bond acceptors (Lipinski definition) is 6. The number of carbonyl (C=O) groups excluding carboxylic acids is 2. The Labute approximate surface area is 295 Å². The summed E-state index contributed by atoms with van der Waals surface area (Å²) >= 11 is 3.65. The van der Waals surface area contributed by atoms with Crippen LogP contribution in [0, 0.1) is 14.7 Å². The van der Waals surface area contributed by atoms with Crippen molar-refractivity contribution in [2.24, 2.45) is 11.8 Å². The van der Waals surface area contributed by atoms with Crippen LogP contribution in [0.4, 0.5) is 5.69 Å². The molecule has 0 aromatic carbocycles. The van der Waals surface area contributed by atoms with E-state index in [4.69, 9.17) is 13.6 Å². The zero-order chi connectivity index (χ0) is 34.4. The van der Waals surface area contributed by atoms with Gasteiger partial charge in [-0.05, 0) is 93.5 Å². The zero-order valence-electron chi connectivity index (χ0n) is 30.8. The summed E-state index contributed by atoms with van der Waals surface area (Å²) in [6, 6.07) is 1.63. The van der Waals surface area contributed by atoms with Gasteiger partial charge in [-0.15, -0.1) is 11.3 Å². The predicted octanol–water partition coefficient (Wildman–Crippen LogP) is 11.1. The third kappa shape index (κ3) is 9.05. The highest BCUT2D eigenvalue weighted by Crippen LogP contribution is 2.45. The molecule has 0 bridgehead atoms. The van der Waals surface area contributed by atoms with Crippen LogP contribution in [0.2, 0.25) is 33.2 Å². The maximum absolute atomic E-state index is 14.9. The summed E-state index contributed by atoms with van der Waals surface area (Å²) in [6.45, 7) is 30.7. The molecule has 0 saturated heterocycles. The van der Waals surface area contributed by atoms with E-state index in [1.807, 2.05) is 11.0 Å². The van der Waals surface area contributed by atoms with Crippen LogP contribution in [0.5, 0.6) is 0 Å². The molecule has 0 N–H and O–H groups in total. The molecule has 1 aliphatic rings. The summed E-state index contributed by atoms with van der Waals surface area (Å²) in [4.78, 5) is 30.5. The smallest absolute Gasteiger partial charge is 0.350 e. The van der Waals surface area contributed by atoms with Gasteiger partial charge in [0.05, 0.1) is 34.9 Å². The molecule has 0 radical (unpaired) electrons. The van der Waals surface area contributed by atoms with Crippen molar-refractivity contribution < 1.29 is 23.2 Å². The second kappa shape index (κ2) is 17.4. The second-order valence-corrected chi connectivity index (χ2v) is 29.2. The minimum atomic E-state index is -2.27. The van der Waals surface area contributed by atoms with Gasteiger partial charge in [0.15, 0.2) is 16.6 Å². The molecule has 1 aromatic rings. The SMILES string of the molecule is COC(=O)c1sc(I)cc1N(C(=O)[C@H]1CC[C@H](C)CC1)C(CO[Si](C(C)C)(C(C)C)C(C)C)CO[Si](C(C)C)(C(C)C)C(C)C. The van der Waals surface area contributed by atoms with E-state index in [-0.39, 0.29) is 17.9 Å². The summed E-state index contributed by atoms with van der Waals surface area (Å²) in [5.41, 5.74) is 3.10. The first-order valence-corrected chi connectivity index (χ1v) is 23.5. The monoisotopic (exact) mass is 793 g/mol. The summed E-state index contributed by atoms with van der Waals surface area (Å²) in [5, 5.41) is 0. The Morgan fingerprint density at radius 2 is 1.20 bits per heavy atom. The fourth-order valence-corrected chi connectivity index (χ4v) is 21.4. The van der Waals surface area contributed by atoms with Crippen LogP contribution in [0.1, 0.15) is 125 Å². The quantitative estimate of drug-likeness (QED) is 0.0947. The summed E-state index contributed by atoms with van der Waals surface area (Å²) in [6.07, 6.45) is 3.82. The molecule has 1 aromatic heterocycles. The number of rotatable bonds is 16. The Morgan fingerprint density at radius 3 is 1.56 bits per heavy atom. The molecule has 10 heteroatoms. The number of carbonyl (C=O) groups is 2. The third-order valence-electron chi connectivity index (χ3n) is 10.7. The van der Waals surface area contributed by atoms with Gasteiger partial charge >= 0.3 is 5.97 Å². The highest BCUT2D eigenvalue weighted by Gasteiger charge is 2.49. The van der Waals surface area contributed by atoms with Crippen LogP contribution in [0.25, 0.3) is 0 Å². The van der Waals surface area contributed by atoms with Gasteiger partial charge < -0.3 is 18.5 Å². The lowest BCUT2D eigenvalue weighted by Gasteiger charge is -2.46. The molecule has 1 fully saturated rings. The van der Waals surface area contributed by atoms with Crippen molar-refractivity contribution in [2.45, 2.75) is 155 Å². The first-order valence-electron chi connectivity index (χ1n) is 17.4. The Bertz CT molecular complexity index is 1020. The Kier molecular flexibility index (Phi) is 15.8. The van der Waals surface area contributed by atoms with Crippen molar-refractivity contribution in [1.29, 1.82) is 0 Å². The molecule has 1 saturated carbocycles. The van der Waals surface area contributed by atoms with E-state index in [9.17, 15) is 9.59 Å². The fraction of sp³-hybridized carbons (Fsp3) is 0.829. The standard InChI is InChI=1S/C35H64INO5SSi2/c1-22(2)44(23(3)4,24(5)6)41-20-30(21-42-45(25(7)8,26(9)10)27(11)12)37(34(38)29-17-15-28(13)16-18-29)31-19-32(36)43-33(31)35(39)40-14/h19,22-30H,15-18,20-21H2,1-14H3/t28-,29-. The summed E-state index contributed by atoms with van der Waals surface area (Å²) in [7, 11) is -3.13. The van der Waals surface area contributed by atoms with E-state index in [0.717, 1.165) is 28.6 Å². The lowest BCUT2D eigenvalue weighted by molar-refractivity contribution is -0.124. The topological polar surface area (TPSA) is 65.1 Å². The number of methoxy groups -OCH3 is 1. The molecule has 1 heterocycles. The van der Waals surface area contributed by atoms with E-state index in [1.54, 1.807) is 0 Å². The molecule has 45 heavy (non-hydrogen) atoms. The van der Waals surface area contributed by atoms with E-state index in [1.165, 1.54) is 18.4 Å². The maximum Gasteiger partial charge on any atom is 0.350 e. The van der Waals surface area contributed by atoms with Crippen LogP contribution in [0.3, 0.4) is 0 Å². The molecule has 1 aliphatic carbocycles. The van der Waals surface area contributed by atoms with E-state index < -0.39 is 22.6 Å². The minimum absolute atomic E-state index is 0.0867. The second-order valence-electron chi connectivity index (χ2n) is 15.3. The number of thiophene rings is 1. The first kappa shape index (κ1) is 40.9. The Morgan fingerprint density at radius 1 is 0.800 bits per heavy atom. The molecule has 0 unspecified atom stereocenters. The van der Waals surface area contributed by atoms with Gasteiger partial charge in [0.1, 0.15) is 4.88 Å². The molecule has 1 amide bonds. The highest BCUT2D eigenvalue weighted by molar-refractivity contribution is 14.1. The molecule has 0 spiro atoms. The molecule has 0 atom stereocenters. The number of halogens is 1. The summed E-state index contributed by atoms with van der Waals surface area (Å²) in [5.74, 6) is 0.230. The van der Waals surface area contributed by atoms with Gasteiger partial charge in [-0.2, -0.15) is 0 Å².